The molecule has 0 unspecified atom stereocenters. The van der Waals surface area contributed by atoms with Gasteiger partial charge in [0.15, 0.2) is 11.3 Å². The summed E-state index contributed by atoms with van der Waals surface area (Å²) in [5.41, 5.74) is 4.65. The Morgan fingerprint density at radius 3 is 2.62 bits per heavy atom. The third-order valence-electron chi connectivity index (χ3n) is 7.32. The summed E-state index contributed by atoms with van der Waals surface area (Å²) in [5, 5.41) is 18.6. The van der Waals surface area contributed by atoms with Gasteiger partial charge in [-0.05, 0) is 38.8 Å². The molecule has 2 aliphatic rings. The molecule has 2 aliphatic heterocycles. The minimum atomic E-state index is -0.218. The van der Waals surface area contributed by atoms with Crippen molar-refractivity contribution in [2.75, 3.05) is 49.6 Å². The van der Waals surface area contributed by atoms with Crippen molar-refractivity contribution in [1.29, 1.82) is 0 Å². The van der Waals surface area contributed by atoms with Crippen LogP contribution >= 0.6 is 11.3 Å². The third-order valence-corrected chi connectivity index (χ3v) is 8.33. The van der Waals surface area contributed by atoms with Gasteiger partial charge in [-0.2, -0.15) is 5.10 Å². The SMILES string of the molecule is Cc1cc2nnc(C(=O)N3CCC(c4nc(C(=O)Nc5ccccc5N5CCOCC5)cs4)CC3)c(C)n2n1. The Bertz CT molecular complexity index is 1520. The lowest BCUT2D eigenvalue weighted by Gasteiger charge is -2.31. The van der Waals surface area contributed by atoms with E-state index in [1.54, 1.807) is 4.52 Å². The number of carbonyl (C=O) groups is 2. The first kappa shape index (κ1) is 25.4. The number of aryl methyl sites for hydroxylation is 2. The lowest BCUT2D eigenvalue weighted by atomic mass is 9.97. The zero-order chi connectivity index (χ0) is 26.9. The molecule has 1 N–H and O–H groups in total. The number of anilines is 2. The zero-order valence-corrected chi connectivity index (χ0v) is 22.8. The number of thiazole rings is 1. The van der Waals surface area contributed by atoms with Crippen LogP contribution < -0.4 is 10.2 Å². The number of fused-ring (bicyclic) bond motifs is 1. The molecular formula is C27H30N8O3S. The monoisotopic (exact) mass is 546 g/mol. The molecule has 0 spiro atoms. The molecule has 202 valence electrons. The number of para-hydroxylation sites is 2. The smallest absolute Gasteiger partial charge is 0.276 e. The Morgan fingerprint density at radius 2 is 1.82 bits per heavy atom. The second-order valence-electron chi connectivity index (χ2n) is 9.90. The Kier molecular flexibility index (Phi) is 6.96. The summed E-state index contributed by atoms with van der Waals surface area (Å²) in [7, 11) is 0. The van der Waals surface area contributed by atoms with Gasteiger partial charge in [0.25, 0.3) is 11.8 Å². The average molecular weight is 547 g/mol. The molecule has 2 saturated heterocycles. The summed E-state index contributed by atoms with van der Waals surface area (Å²) in [5.74, 6) is -0.152. The van der Waals surface area contributed by atoms with Crippen LogP contribution in [-0.2, 0) is 4.74 Å². The molecule has 0 saturated carbocycles. The van der Waals surface area contributed by atoms with Gasteiger partial charge in [-0.3, -0.25) is 9.59 Å². The van der Waals surface area contributed by atoms with E-state index in [4.69, 9.17) is 4.74 Å². The highest BCUT2D eigenvalue weighted by atomic mass is 32.1. The number of likely N-dealkylation sites (tertiary alicyclic amines) is 1. The number of piperidine rings is 1. The molecular weight excluding hydrogens is 516 g/mol. The molecule has 2 amide bonds. The lowest BCUT2D eigenvalue weighted by Crippen LogP contribution is -2.39. The average Bonchev–Trinajstić information content (AvgIpc) is 3.61. The number of aromatic nitrogens is 5. The second-order valence-corrected chi connectivity index (χ2v) is 10.8. The molecule has 12 heteroatoms. The van der Waals surface area contributed by atoms with E-state index in [-0.39, 0.29) is 17.7 Å². The van der Waals surface area contributed by atoms with E-state index in [1.807, 2.05) is 54.5 Å². The van der Waals surface area contributed by atoms with Crippen molar-refractivity contribution in [3.8, 4) is 0 Å². The fourth-order valence-electron chi connectivity index (χ4n) is 5.18. The quantitative estimate of drug-likeness (QED) is 0.405. The van der Waals surface area contributed by atoms with Gasteiger partial charge in [-0.1, -0.05) is 12.1 Å². The number of rotatable bonds is 5. The van der Waals surface area contributed by atoms with Gasteiger partial charge in [-0.25, -0.2) is 9.50 Å². The van der Waals surface area contributed by atoms with Crippen LogP contribution in [0.4, 0.5) is 11.4 Å². The molecule has 0 aliphatic carbocycles. The Hall–Kier alpha value is -3.90. The van der Waals surface area contributed by atoms with Crippen molar-refractivity contribution >= 4 is 40.2 Å². The number of benzene rings is 1. The lowest BCUT2D eigenvalue weighted by molar-refractivity contribution is 0.0704. The van der Waals surface area contributed by atoms with Crippen LogP contribution in [0.2, 0.25) is 0 Å². The van der Waals surface area contributed by atoms with Gasteiger partial charge >= 0.3 is 0 Å². The van der Waals surface area contributed by atoms with Crippen molar-refractivity contribution in [3.63, 3.8) is 0 Å². The second kappa shape index (κ2) is 10.7. The van der Waals surface area contributed by atoms with Crippen LogP contribution in [0, 0.1) is 13.8 Å². The Labute approximate surface area is 229 Å². The minimum absolute atomic E-state index is 0.133. The van der Waals surface area contributed by atoms with Gasteiger partial charge in [-0.15, -0.1) is 21.5 Å². The van der Waals surface area contributed by atoms with Gasteiger partial charge in [0.2, 0.25) is 0 Å². The largest absolute Gasteiger partial charge is 0.378 e. The summed E-state index contributed by atoms with van der Waals surface area (Å²) in [4.78, 5) is 35.0. The molecule has 0 radical (unpaired) electrons. The first-order valence-corrected chi connectivity index (χ1v) is 14.0. The first-order chi connectivity index (χ1) is 19.0. The molecule has 39 heavy (non-hydrogen) atoms. The maximum atomic E-state index is 13.2. The highest BCUT2D eigenvalue weighted by Gasteiger charge is 2.29. The fourth-order valence-corrected chi connectivity index (χ4v) is 6.15. The molecule has 2 fully saturated rings. The number of hydrogen-bond acceptors (Lipinski definition) is 9. The molecule has 4 aromatic rings. The van der Waals surface area contributed by atoms with E-state index < -0.39 is 0 Å². The van der Waals surface area contributed by atoms with Gasteiger partial charge in [0.1, 0.15) is 5.69 Å². The van der Waals surface area contributed by atoms with Crippen LogP contribution in [0.25, 0.3) is 5.65 Å². The van der Waals surface area contributed by atoms with E-state index >= 15 is 0 Å². The number of nitrogens with one attached hydrogen (secondary N) is 1. The molecule has 0 bridgehead atoms. The summed E-state index contributed by atoms with van der Waals surface area (Å²) >= 11 is 1.50. The predicted molar refractivity (Wildman–Crippen MR) is 148 cm³/mol. The third kappa shape index (κ3) is 5.09. The number of hydrogen-bond donors (Lipinski definition) is 1. The Balaban J connectivity index is 1.09. The van der Waals surface area contributed by atoms with Crippen LogP contribution in [0.15, 0.2) is 35.7 Å². The van der Waals surface area contributed by atoms with Gasteiger partial charge < -0.3 is 19.9 Å². The highest BCUT2D eigenvalue weighted by molar-refractivity contribution is 7.10. The maximum absolute atomic E-state index is 13.2. The summed E-state index contributed by atoms with van der Waals surface area (Å²) in [6, 6.07) is 9.67. The van der Waals surface area contributed by atoms with Crippen molar-refractivity contribution in [2.24, 2.45) is 0 Å². The number of ether oxygens (including phenoxy) is 1. The normalized spacial score (nSPS) is 16.6. The van der Waals surface area contributed by atoms with Crippen LogP contribution in [0.1, 0.15) is 56.1 Å². The predicted octanol–water partition coefficient (Wildman–Crippen LogP) is 3.31. The Morgan fingerprint density at radius 1 is 1.05 bits per heavy atom. The number of amides is 2. The van der Waals surface area contributed by atoms with E-state index in [1.165, 1.54) is 11.3 Å². The molecule has 0 atom stereocenters. The van der Waals surface area contributed by atoms with E-state index in [9.17, 15) is 9.59 Å². The summed E-state index contributed by atoms with van der Waals surface area (Å²) < 4.78 is 7.14. The van der Waals surface area contributed by atoms with Crippen molar-refractivity contribution < 1.29 is 14.3 Å². The summed E-state index contributed by atoms with van der Waals surface area (Å²) in [6.07, 6.45) is 1.55. The molecule has 1 aromatic carbocycles. The van der Waals surface area contributed by atoms with Crippen LogP contribution in [0.3, 0.4) is 0 Å². The maximum Gasteiger partial charge on any atom is 0.276 e. The first-order valence-electron chi connectivity index (χ1n) is 13.2. The van der Waals surface area contributed by atoms with E-state index in [2.05, 4.69) is 30.5 Å². The van der Waals surface area contributed by atoms with E-state index in [0.717, 1.165) is 48.0 Å². The van der Waals surface area contributed by atoms with Crippen molar-refractivity contribution in [3.05, 3.63) is 63.5 Å². The van der Waals surface area contributed by atoms with Crippen LogP contribution in [0.5, 0.6) is 0 Å². The number of carbonyl (C=O) groups excluding carboxylic acids is 2. The standard InChI is InChI=1S/C27H30N8O3S/c1-17-15-23-30-31-24(18(2)35(23)32-17)27(37)34-9-7-19(8-10-34)26-29-21(16-39-26)25(36)28-20-5-3-4-6-22(20)33-11-13-38-14-12-33/h3-6,15-16,19H,7-14H2,1-2H3,(H,28,36). The molecule has 6 rings (SSSR count). The number of nitrogens with zero attached hydrogens (tertiary/aromatic N) is 7. The molecule has 3 aromatic heterocycles. The number of morpholine rings is 1. The summed E-state index contributed by atoms with van der Waals surface area (Å²) in [6.45, 7) is 7.84. The molecule has 5 heterocycles. The van der Waals surface area contributed by atoms with Crippen LogP contribution in [-0.4, -0.2) is 80.9 Å². The van der Waals surface area contributed by atoms with Crippen molar-refractivity contribution in [1.82, 2.24) is 29.7 Å². The molecule has 11 nitrogen and oxygen atoms in total. The fraction of sp³-hybridized carbons (Fsp3) is 0.407. The minimum Gasteiger partial charge on any atom is -0.378 e. The highest BCUT2D eigenvalue weighted by Crippen LogP contribution is 2.32. The van der Waals surface area contributed by atoms with Gasteiger partial charge in [0, 0.05) is 43.5 Å². The topological polar surface area (TPSA) is 118 Å². The van der Waals surface area contributed by atoms with Gasteiger partial charge in [0.05, 0.1) is 41.0 Å². The zero-order valence-electron chi connectivity index (χ0n) is 22.0. The van der Waals surface area contributed by atoms with E-state index in [0.29, 0.717) is 49.0 Å². The van der Waals surface area contributed by atoms with Crippen molar-refractivity contribution in [2.45, 2.75) is 32.6 Å².